The Kier molecular flexibility index (Phi) is 5.76. The molecule has 0 spiro atoms. The first-order valence-corrected chi connectivity index (χ1v) is 8.08. The lowest BCUT2D eigenvalue weighted by Gasteiger charge is -2.34. The molecule has 0 saturated carbocycles. The van der Waals surface area contributed by atoms with Gasteiger partial charge >= 0.3 is 5.97 Å². The molecule has 0 aromatic carbocycles. The van der Waals surface area contributed by atoms with Crippen molar-refractivity contribution in [2.75, 3.05) is 27.2 Å². The van der Waals surface area contributed by atoms with Gasteiger partial charge in [-0.25, -0.2) is 0 Å². The second-order valence-electron chi connectivity index (χ2n) is 5.33. The van der Waals surface area contributed by atoms with Gasteiger partial charge in [-0.1, -0.05) is 12.5 Å². The molecule has 1 aromatic rings. The summed E-state index contributed by atoms with van der Waals surface area (Å²) >= 11 is 1.64. The van der Waals surface area contributed by atoms with Crippen molar-refractivity contribution < 1.29 is 14.3 Å². The van der Waals surface area contributed by atoms with Crippen LogP contribution in [0.1, 0.15) is 24.1 Å². The molecule has 1 aliphatic heterocycles. The quantitative estimate of drug-likeness (QED) is 0.777. The van der Waals surface area contributed by atoms with Gasteiger partial charge in [-0.15, -0.1) is 11.3 Å². The van der Waals surface area contributed by atoms with E-state index in [4.69, 9.17) is 4.74 Å². The van der Waals surface area contributed by atoms with Gasteiger partial charge in [-0.2, -0.15) is 0 Å². The van der Waals surface area contributed by atoms with Gasteiger partial charge < -0.3 is 9.64 Å². The smallest absolute Gasteiger partial charge is 0.323 e. The first-order valence-electron chi connectivity index (χ1n) is 7.20. The molecule has 6 heteroatoms. The Balaban J connectivity index is 1.91. The summed E-state index contributed by atoms with van der Waals surface area (Å²) in [6, 6.07) is 3.73. The molecular weight excluding hydrogens is 288 g/mol. The molecule has 5 nitrogen and oxygen atoms in total. The van der Waals surface area contributed by atoms with Crippen LogP contribution in [-0.2, 0) is 20.9 Å². The standard InChI is InChI=1S/C15H22N2O3S/c1-16(10-12-6-5-9-21-12)14(18)11-17-8-4-3-7-13(17)15(19)20-2/h5-6,9,13H,3-4,7-8,10-11H2,1-2H3/t13-/m1/s1. The number of amides is 1. The molecule has 2 heterocycles. The van der Waals surface area contributed by atoms with E-state index in [1.807, 2.05) is 22.4 Å². The molecule has 0 N–H and O–H groups in total. The number of piperidine rings is 1. The summed E-state index contributed by atoms with van der Waals surface area (Å²) in [7, 11) is 3.21. The molecule has 0 aliphatic carbocycles. The number of hydrogen-bond donors (Lipinski definition) is 0. The van der Waals surface area contributed by atoms with Gasteiger partial charge in [0.2, 0.25) is 5.91 Å². The number of thiophene rings is 1. The van der Waals surface area contributed by atoms with Crippen LogP contribution in [0.3, 0.4) is 0 Å². The maximum absolute atomic E-state index is 12.3. The van der Waals surface area contributed by atoms with Crippen molar-refractivity contribution in [2.24, 2.45) is 0 Å². The van der Waals surface area contributed by atoms with Gasteiger partial charge in [-0.05, 0) is 30.8 Å². The van der Waals surface area contributed by atoms with E-state index in [0.29, 0.717) is 6.54 Å². The predicted octanol–water partition coefficient (Wildman–Crippen LogP) is 1.73. The summed E-state index contributed by atoms with van der Waals surface area (Å²) in [6.07, 6.45) is 2.81. The van der Waals surface area contributed by atoms with Crippen LogP contribution in [0.5, 0.6) is 0 Å². The molecule has 116 valence electrons. The van der Waals surface area contributed by atoms with Crippen molar-refractivity contribution in [3.63, 3.8) is 0 Å². The van der Waals surface area contributed by atoms with Gasteiger partial charge in [0.1, 0.15) is 6.04 Å². The van der Waals surface area contributed by atoms with E-state index < -0.39 is 0 Å². The van der Waals surface area contributed by atoms with E-state index in [1.54, 1.807) is 23.3 Å². The second kappa shape index (κ2) is 7.56. The Morgan fingerprint density at radius 2 is 2.29 bits per heavy atom. The van der Waals surface area contributed by atoms with E-state index in [0.717, 1.165) is 30.7 Å². The van der Waals surface area contributed by atoms with E-state index >= 15 is 0 Å². The first kappa shape index (κ1) is 16.0. The zero-order chi connectivity index (χ0) is 15.2. The lowest BCUT2D eigenvalue weighted by Crippen LogP contribution is -2.49. The highest BCUT2D eigenvalue weighted by atomic mass is 32.1. The highest BCUT2D eigenvalue weighted by Crippen LogP contribution is 2.18. The fourth-order valence-corrected chi connectivity index (χ4v) is 3.36. The molecule has 1 fully saturated rings. The molecule has 0 radical (unpaired) electrons. The van der Waals surface area contributed by atoms with Crippen LogP contribution in [0.2, 0.25) is 0 Å². The van der Waals surface area contributed by atoms with Crippen molar-refractivity contribution in [2.45, 2.75) is 31.8 Å². The number of carbonyl (C=O) groups is 2. The minimum absolute atomic E-state index is 0.0409. The second-order valence-corrected chi connectivity index (χ2v) is 6.37. The van der Waals surface area contributed by atoms with Crippen LogP contribution in [0.25, 0.3) is 0 Å². The lowest BCUT2D eigenvalue weighted by molar-refractivity contribution is -0.149. The summed E-state index contributed by atoms with van der Waals surface area (Å²) in [5.41, 5.74) is 0. The summed E-state index contributed by atoms with van der Waals surface area (Å²) < 4.78 is 4.84. The van der Waals surface area contributed by atoms with Crippen LogP contribution < -0.4 is 0 Å². The van der Waals surface area contributed by atoms with Crippen LogP contribution in [0.15, 0.2) is 17.5 Å². The van der Waals surface area contributed by atoms with Crippen LogP contribution in [-0.4, -0.2) is 55.0 Å². The van der Waals surface area contributed by atoms with Crippen molar-refractivity contribution in [1.29, 1.82) is 0 Å². The number of rotatable bonds is 5. The van der Waals surface area contributed by atoms with Crippen molar-refractivity contribution in [1.82, 2.24) is 9.80 Å². The SMILES string of the molecule is COC(=O)[C@H]1CCCCN1CC(=O)N(C)Cc1cccs1. The molecule has 0 unspecified atom stereocenters. The first-order chi connectivity index (χ1) is 10.1. The molecule has 21 heavy (non-hydrogen) atoms. The maximum Gasteiger partial charge on any atom is 0.323 e. The number of nitrogens with zero attached hydrogens (tertiary/aromatic N) is 2. The number of ether oxygens (including phenoxy) is 1. The van der Waals surface area contributed by atoms with Crippen molar-refractivity contribution in [3.05, 3.63) is 22.4 Å². The highest BCUT2D eigenvalue weighted by molar-refractivity contribution is 7.09. The molecule has 1 saturated heterocycles. The third-order valence-corrected chi connectivity index (χ3v) is 4.69. The Hall–Kier alpha value is -1.40. The van der Waals surface area contributed by atoms with Gasteiger partial charge in [0, 0.05) is 11.9 Å². The lowest BCUT2D eigenvalue weighted by atomic mass is 10.0. The Labute approximate surface area is 129 Å². The zero-order valence-corrected chi connectivity index (χ0v) is 13.4. The number of methoxy groups -OCH3 is 1. The molecule has 2 rings (SSSR count). The molecule has 1 aliphatic rings. The third kappa shape index (κ3) is 4.28. The van der Waals surface area contributed by atoms with E-state index in [1.165, 1.54) is 7.11 Å². The third-order valence-electron chi connectivity index (χ3n) is 3.82. The fourth-order valence-electron chi connectivity index (χ4n) is 2.60. The molecule has 1 atom stereocenters. The topological polar surface area (TPSA) is 49.9 Å². The van der Waals surface area contributed by atoms with E-state index in [2.05, 4.69) is 0 Å². The number of esters is 1. The van der Waals surface area contributed by atoms with Crippen LogP contribution in [0, 0.1) is 0 Å². The summed E-state index contributed by atoms with van der Waals surface area (Å²) in [5.74, 6) is -0.192. The number of likely N-dealkylation sites (tertiary alicyclic amines) is 1. The van der Waals surface area contributed by atoms with Crippen molar-refractivity contribution in [3.8, 4) is 0 Å². The molecule has 1 aromatic heterocycles. The molecular formula is C15H22N2O3S. The average Bonchev–Trinajstić information content (AvgIpc) is 2.99. The zero-order valence-electron chi connectivity index (χ0n) is 12.6. The fraction of sp³-hybridized carbons (Fsp3) is 0.600. The van der Waals surface area contributed by atoms with Crippen LogP contribution >= 0.6 is 11.3 Å². The summed E-state index contributed by atoms with van der Waals surface area (Å²) in [6.45, 7) is 1.67. The van der Waals surface area contributed by atoms with E-state index in [-0.39, 0.29) is 24.5 Å². The van der Waals surface area contributed by atoms with Gasteiger partial charge in [0.05, 0.1) is 20.2 Å². The maximum atomic E-state index is 12.3. The molecule has 1 amide bonds. The summed E-state index contributed by atoms with van der Waals surface area (Å²) in [5, 5.41) is 2.01. The van der Waals surface area contributed by atoms with Gasteiger partial charge in [-0.3, -0.25) is 14.5 Å². The number of likely N-dealkylation sites (N-methyl/N-ethyl adjacent to an activating group) is 1. The van der Waals surface area contributed by atoms with Crippen LogP contribution in [0.4, 0.5) is 0 Å². The summed E-state index contributed by atoms with van der Waals surface area (Å²) in [4.78, 5) is 29.0. The number of carbonyl (C=O) groups excluding carboxylic acids is 2. The Bertz CT molecular complexity index is 475. The Morgan fingerprint density at radius 1 is 1.48 bits per heavy atom. The van der Waals surface area contributed by atoms with Crippen molar-refractivity contribution >= 4 is 23.2 Å². The van der Waals surface area contributed by atoms with E-state index in [9.17, 15) is 9.59 Å². The van der Waals surface area contributed by atoms with Gasteiger partial charge in [0.15, 0.2) is 0 Å². The minimum Gasteiger partial charge on any atom is -0.468 e. The minimum atomic E-state index is -0.275. The average molecular weight is 310 g/mol. The number of hydrogen-bond acceptors (Lipinski definition) is 5. The predicted molar refractivity (Wildman–Crippen MR) is 82.0 cm³/mol. The largest absolute Gasteiger partial charge is 0.468 e. The highest BCUT2D eigenvalue weighted by Gasteiger charge is 2.31. The Morgan fingerprint density at radius 3 is 2.95 bits per heavy atom. The normalized spacial score (nSPS) is 19.2. The van der Waals surface area contributed by atoms with Gasteiger partial charge in [0.25, 0.3) is 0 Å². The monoisotopic (exact) mass is 310 g/mol. The molecule has 0 bridgehead atoms.